The standard InChI is InChI=1S/C16H11BrFN3O2/c1-10-12(9-20-21(10)15-4-2-3-7-19-15)16(22)23-14-6-5-11(17)8-13(14)18/h2-9H,1H3. The lowest BCUT2D eigenvalue weighted by molar-refractivity contribution is 0.0727. The lowest BCUT2D eigenvalue weighted by atomic mass is 10.2. The van der Waals surface area contributed by atoms with E-state index in [2.05, 4.69) is 26.0 Å². The van der Waals surface area contributed by atoms with Gasteiger partial charge in [-0.1, -0.05) is 22.0 Å². The van der Waals surface area contributed by atoms with Crippen molar-refractivity contribution in [3.05, 3.63) is 70.3 Å². The van der Waals surface area contributed by atoms with E-state index in [4.69, 9.17) is 4.74 Å². The first kappa shape index (κ1) is 15.4. The maximum atomic E-state index is 13.8. The number of benzene rings is 1. The fourth-order valence-corrected chi connectivity index (χ4v) is 2.37. The van der Waals surface area contributed by atoms with E-state index in [9.17, 15) is 9.18 Å². The van der Waals surface area contributed by atoms with Crippen molar-refractivity contribution in [2.45, 2.75) is 6.92 Å². The van der Waals surface area contributed by atoms with Crippen molar-refractivity contribution >= 4 is 21.9 Å². The number of halogens is 2. The van der Waals surface area contributed by atoms with Crippen LogP contribution in [0.3, 0.4) is 0 Å². The third-order valence-electron chi connectivity index (χ3n) is 3.19. The topological polar surface area (TPSA) is 57.0 Å². The Kier molecular flexibility index (Phi) is 4.20. The number of nitrogens with zero attached hydrogens (tertiary/aromatic N) is 3. The molecule has 3 aromatic rings. The summed E-state index contributed by atoms with van der Waals surface area (Å²) in [4.78, 5) is 16.4. The summed E-state index contributed by atoms with van der Waals surface area (Å²) in [6, 6.07) is 9.58. The Hall–Kier alpha value is -2.54. The van der Waals surface area contributed by atoms with Crippen LogP contribution in [0.1, 0.15) is 16.1 Å². The number of esters is 1. The predicted octanol–water partition coefficient (Wildman–Crippen LogP) is 3.70. The number of hydrogen-bond acceptors (Lipinski definition) is 4. The van der Waals surface area contributed by atoms with E-state index in [1.165, 1.54) is 23.0 Å². The van der Waals surface area contributed by atoms with Gasteiger partial charge in [-0.2, -0.15) is 5.10 Å². The van der Waals surface area contributed by atoms with Crippen LogP contribution in [-0.4, -0.2) is 20.7 Å². The summed E-state index contributed by atoms with van der Waals surface area (Å²) in [6.07, 6.45) is 3.01. The van der Waals surface area contributed by atoms with Gasteiger partial charge < -0.3 is 4.74 Å². The molecule has 3 rings (SSSR count). The molecule has 0 saturated heterocycles. The zero-order valence-corrected chi connectivity index (χ0v) is 13.6. The van der Waals surface area contributed by atoms with Gasteiger partial charge in [0.2, 0.25) is 0 Å². The number of ether oxygens (including phenoxy) is 1. The van der Waals surface area contributed by atoms with Crippen molar-refractivity contribution < 1.29 is 13.9 Å². The average molecular weight is 376 g/mol. The summed E-state index contributed by atoms with van der Waals surface area (Å²) in [5.74, 6) is -0.851. The Morgan fingerprint density at radius 1 is 1.30 bits per heavy atom. The van der Waals surface area contributed by atoms with Gasteiger partial charge in [-0.25, -0.2) is 18.9 Å². The van der Waals surface area contributed by atoms with Crippen LogP contribution in [0.2, 0.25) is 0 Å². The number of carbonyl (C=O) groups is 1. The van der Waals surface area contributed by atoms with Gasteiger partial charge >= 0.3 is 5.97 Å². The fourth-order valence-electron chi connectivity index (χ4n) is 2.03. The van der Waals surface area contributed by atoms with E-state index >= 15 is 0 Å². The van der Waals surface area contributed by atoms with E-state index in [-0.39, 0.29) is 11.3 Å². The summed E-state index contributed by atoms with van der Waals surface area (Å²) in [7, 11) is 0. The summed E-state index contributed by atoms with van der Waals surface area (Å²) in [6.45, 7) is 1.72. The van der Waals surface area contributed by atoms with E-state index in [1.807, 2.05) is 6.07 Å². The normalized spacial score (nSPS) is 10.6. The Bertz CT molecular complexity index is 865. The first-order chi connectivity index (χ1) is 11.1. The lowest BCUT2D eigenvalue weighted by Gasteiger charge is -2.06. The highest BCUT2D eigenvalue weighted by molar-refractivity contribution is 9.10. The van der Waals surface area contributed by atoms with Crippen molar-refractivity contribution in [2.75, 3.05) is 0 Å². The monoisotopic (exact) mass is 375 g/mol. The fraction of sp³-hybridized carbons (Fsp3) is 0.0625. The first-order valence-electron chi connectivity index (χ1n) is 6.69. The molecule has 116 valence electrons. The molecular weight excluding hydrogens is 365 g/mol. The van der Waals surface area contributed by atoms with Gasteiger partial charge in [-0.05, 0) is 37.3 Å². The molecule has 2 aromatic heterocycles. The van der Waals surface area contributed by atoms with Gasteiger partial charge in [0, 0.05) is 10.7 Å². The van der Waals surface area contributed by atoms with Crippen LogP contribution in [0.25, 0.3) is 5.82 Å². The molecule has 0 radical (unpaired) electrons. The van der Waals surface area contributed by atoms with Crippen LogP contribution in [-0.2, 0) is 0 Å². The predicted molar refractivity (Wildman–Crippen MR) is 85.2 cm³/mol. The minimum atomic E-state index is -0.675. The van der Waals surface area contributed by atoms with E-state index < -0.39 is 11.8 Å². The van der Waals surface area contributed by atoms with Crippen molar-refractivity contribution in [3.8, 4) is 11.6 Å². The molecule has 1 aromatic carbocycles. The second-order valence-corrected chi connectivity index (χ2v) is 5.62. The molecule has 0 fully saturated rings. The molecule has 0 bridgehead atoms. The zero-order valence-electron chi connectivity index (χ0n) is 12.0. The molecule has 7 heteroatoms. The van der Waals surface area contributed by atoms with Crippen molar-refractivity contribution in [1.82, 2.24) is 14.8 Å². The minimum absolute atomic E-state index is 0.136. The Morgan fingerprint density at radius 3 is 2.83 bits per heavy atom. The number of rotatable bonds is 3. The van der Waals surface area contributed by atoms with Crippen LogP contribution < -0.4 is 4.74 Å². The average Bonchev–Trinajstić information content (AvgIpc) is 2.92. The molecule has 5 nitrogen and oxygen atoms in total. The number of pyridine rings is 1. The molecule has 0 spiro atoms. The Morgan fingerprint density at radius 2 is 2.13 bits per heavy atom. The maximum absolute atomic E-state index is 13.8. The van der Waals surface area contributed by atoms with Gasteiger partial charge in [0.1, 0.15) is 5.56 Å². The van der Waals surface area contributed by atoms with Gasteiger partial charge in [0.25, 0.3) is 0 Å². The lowest BCUT2D eigenvalue weighted by Crippen LogP contribution is -2.11. The quantitative estimate of drug-likeness (QED) is 0.517. The Balaban J connectivity index is 1.88. The van der Waals surface area contributed by atoms with E-state index in [0.29, 0.717) is 16.0 Å². The van der Waals surface area contributed by atoms with Crippen LogP contribution in [0.15, 0.2) is 53.3 Å². The first-order valence-corrected chi connectivity index (χ1v) is 7.49. The SMILES string of the molecule is Cc1c(C(=O)Oc2ccc(Br)cc2F)cnn1-c1ccccn1. The van der Waals surface area contributed by atoms with Gasteiger partial charge in [0.05, 0.1) is 11.9 Å². The van der Waals surface area contributed by atoms with Crippen LogP contribution in [0.5, 0.6) is 5.75 Å². The summed E-state index contributed by atoms with van der Waals surface area (Å²) >= 11 is 3.15. The molecule has 0 N–H and O–H groups in total. The third kappa shape index (κ3) is 3.14. The van der Waals surface area contributed by atoms with Crippen LogP contribution in [0.4, 0.5) is 4.39 Å². The van der Waals surface area contributed by atoms with Crippen molar-refractivity contribution in [1.29, 1.82) is 0 Å². The maximum Gasteiger partial charge on any atom is 0.347 e. The molecule has 23 heavy (non-hydrogen) atoms. The highest BCUT2D eigenvalue weighted by atomic mass is 79.9. The molecule has 0 saturated carbocycles. The largest absolute Gasteiger partial charge is 0.420 e. The summed E-state index contributed by atoms with van der Waals surface area (Å²) in [5.41, 5.74) is 0.809. The summed E-state index contributed by atoms with van der Waals surface area (Å²) in [5, 5.41) is 4.14. The van der Waals surface area contributed by atoms with E-state index in [0.717, 1.165) is 0 Å². The molecule has 2 heterocycles. The smallest absolute Gasteiger partial charge is 0.347 e. The highest BCUT2D eigenvalue weighted by Gasteiger charge is 2.19. The number of carbonyl (C=O) groups excluding carboxylic acids is 1. The molecule has 0 aliphatic carbocycles. The van der Waals surface area contributed by atoms with Gasteiger partial charge in [-0.15, -0.1) is 0 Å². The van der Waals surface area contributed by atoms with E-state index in [1.54, 1.807) is 31.3 Å². The third-order valence-corrected chi connectivity index (χ3v) is 3.69. The molecule has 0 atom stereocenters. The van der Waals surface area contributed by atoms with Gasteiger partial charge in [0.15, 0.2) is 17.4 Å². The van der Waals surface area contributed by atoms with Crippen molar-refractivity contribution in [2.24, 2.45) is 0 Å². The molecule has 0 aliphatic rings. The molecule has 0 amide bonds. The second-order valence-electron chi connectivity index (χ2n) is 4.71. The zero-order chi connectivity index (χ0) is 16.4. The minimum Gasteiger partial charge on any atom is -0.420 e. The molecular formula is C16H11BrFN3O2. The molecule has 0 aliphatic heterocycles. The second kappa shape index (κ2) is 6.29. The highest BCUT2D eigenvalue weighted by Crippen LogP contribution is 2.23. The van der Waals surface area contributed by atoms with Crippen LogP contribution >= 0.6 is 15.9 Å². The Labute approximate surface area is 139 Å². The van der Waals surface area contributed by atoms with Crippen molar-refractivity contribution in [3.63, 3.8) is 0 Å². The summed E-state index contributed by atoms with van der Waals surface area (Å²) < 4.78 is 21.0. The number of hydrogen-bond donors (Lipinski definition) is 0. The number of aromatic nitrogens is 3. The molecule has 0 unspecified atom stereocenters. The van der Waals surface area contributed by atoms with Crippen LogP contribution in [0, 0.1) is 12.7 Å². The van der Waals surface area contributed by atoms with Gasteiger partial charge in [-0.3, -0.25) is 0 Å².